The number of benzene rings is 1. The van der Waals surface area contributed by atoms with E-state index in [9.17, 15) is 9.59 Å². The van der Waals surface area contributed by atoms with Crippen LogP contribution >= 0.6 is 15.9 Å². The monoisotopic (exact) mass is 318 g/mol. The molecule has 4 nitrogen and oxygen atoms in total. The maximum Gasteiger partial charge on any atom is 0.235 e. The van der Waals surface area contributed by atoms with Gasteiger partial charge in [-0.1, -0.05) is 24.3 Å². The third kappa shape index (κ3) is 2.14. The molecule has 5 heteroatoms. The molecule has 1 saturated heterocycles. The molecular weight excluding hydrogens is 308 g/mol. The SMILES string of the molecule is O=C1CCC(c2ncc(Br)c3ccccc23)C(=O)N1. The van der Waals surface area contributed by atoms with Crippen molar-refractivity contribution in [3.05, 3.63) is 40.6 Å². The first kappa shape index (κ1) is 12.3. The van der Waals surface area contributed by atoms with Crippen LogP contribution in [0.4, 0.5) is 0 Å². The third-order valence-electron chi connectivity index (χ3n) is 3.35. The van der Waals surface area contributed by atoms with Gasteiger partial charge in [-0.3, -0.25) is 19.9 Å². The van der Waals surface area contributed by atoms with Crippen molar-refractivity contribution in [2.24, 2.45) is 0 Å². The van der Waals surface area contributed by atoms with Crippen molar-refractivity contribution >= 4 is 38.5 Å². The minimum Gasteiger partial charge on any atom is -0.296 e. The third-order valence-corrected chi connectivity index (χ3v) is 3.98. The molecule has 1 fully saturated rings. The van der Waals surface area contributed by atoms with E-state index in [1.807, 2.05) is 24.3 Å². The number of aromatic nitrogens is 1. The van der Waals surface area contributed by atoms with Gasteiger partial charge in [0.25, 0.3) is 0 Å². The maximum atomic E-state index is 12.0. The summed E-state index contributed by atoms with van der Waals surface area (Å²) in [5, 5.41) is 4.35. The van der Waals surface area contributed by atoms with Gasteiger partial charge in [0.05, 0.1) is 11.6 Å². The van der Waals surface area contributed by atoms with E-state index in [1.54, 1.807) is 6.20 Å². The van der Waals surface area contributed by atoms with Gasteiger partial charge in [0.15, 0.2) is 0 Å². The summed E-state index contributed by atoms with van der Waals surface area (Å²) in [5.41, 5.74) is 0.740. The summed E-state index contributed by atoms with van der Waals surface area (Å²) in [5.74, 6) is -0.811. The summed E-state index contributed by atoms with van der Waals surface area (Å²) < 4.78 is 0.902. The van der Waals surface area contributed by atoms with Gasteiger partial charge in [0, 0.05) is 22.5 Å². The Morgan fingerprint density at radius 1 is 1.21 bits per heavy atom. The van der Waals surface area contributed by atoms with Crippen LogP contribution in [0.1, 0.15) is 24.5 Å². The molecule has 0 spiro atoms. The molecule has 1 atom stereocenters. The zero-order valence-electron chi connectivity index (χ0n) is 10.0. The van der Waals surface area contributed by atoms with E-state index in [2.05, 4.69) is 26.2 Å². The van der Waals surface area contributed by atoms with Crippen LogP contribution in [-0.2, 0) is 9.59 Å². The number of rotatable bonds is 1. The van der Waals surface area contributed by atoms with E-state index in [0.717, 1.165) is 20.9 Å². The van der Waals surface area contributed by atoms with Crippen LogP contribution in [0, 0.1) is 0 Å². The van der Waals surface area contributed by atoms with Gasteiger partial charge >= 0.3 is 0 Å². The number of imide groups is 1. The number of amides is 2. The molecule has 2 aromatic rings. The van der Waals surface area contributed by atoms with E-state index in [1.165, 1.54) is 0 Å². The lowest BCUT2D eigenvalue weighted by Gasteiger charge is -2.21. The summed E-state index contributed by atoms with van der Waals surface area (Å²) in [6.45, 7) is 0. The van der Waals surface area contributed by atoms with Crippen molar-refractivity contribution in [3.8, 4) is 0 Å². The van der Waals surface area contributed by atoms with E-state index in [4.69, 9.17) is 0 Å². The van der Waals surface area contributed by atoms with Crippen LogP contribution in [0.15, 0.2) is 34.9 Å². The second kappa shape index (κ2) is 4.74. The zero-order chi connectivity index (χ0) is 13.4. The number of carbonyl (C=O) groups is 2. The molecule has 0 aliphatic carbocycles. The molecule has 1 aromatic carbocycles. The van der Waals surface area contributed by atoms with Gasteiger partial charge in [0.1, 0.15) is 0 Å². The number of fused-ring (bicyclic) bond motifs is 1. The number of nitrogens with zero attached hydrogens (tertiary/aromatic N) is 1. The van der Waals surface area contributed by atoms with Crippen molar-refractivity contribution in [2.75, 3.05) is 0 Å². The van der Waals surface area contributed by atoms with Crippen molar-refractivity contribution in [3.63, 3.8) is 0 Å². The molecule has 0 saturated carbocycles. The van der Waals surface area contributed by atoms with Crippen LogP contribution in [-0.4, -0.2) is 16.8 Å². The Bertz CT molecular complexity index is 684. The fourth-order valence-corrected chi connectivity index (χ4v) is 2.86. The van der Waals surface area contributed by atoms with Crippen LogP contribution in [0.25, 0.3) is 10.8 Å². The number of hydrogen-bond acceptors (Lipinski definition) is 3. The first-order chi connectivity index (χ1) is 9.16. The van der Waals surface area contributed by atoms with E-state index in [-0.39, 0.29) is 17.7 Å². The minimum atomic E-state index is -0.351. The molecule has 19 heavy (non-hydrogen) atoms. The lowest BCUT2D eigenvalue weighted by Crippen LogP contribution is -2.39. The van der Waals surface area contributed by atoms with Crippen LogP contribution < -0.4 is 5.32 Å². The molecule has 1 aliphatic heterocycles. The normalized spacial score (nSPS) is 19.5. The van der Waals surface area contributed by atoms with Crippen LogP contribution in [0.2, 0.25) is 0 Å². The fraction of sp³-hybridized carbons (Fsp3) is 0.214. The molecule has 2 heterocycles. The largest absolute Gasteiger partial charge is 0.296 e. The number of nitrogens with one attached hydrogen (secondary N) is 1. The fourth-order valence-electron chi connectivity index (χ4n) is 2.41. The van der Waals surface area contributed by atoms with Gasteiger partial charge in [-0.15, -0.1) is 0 Å². The summed E-state index contributed by atoms with van der Waals surface area (Å²) in [6, 6.07) is 7.80. The second-order valence-electron chi connectivity index (χ2n) is 4.54. The number of piperidine rings is 1. The van der Waals surface area contributed by atoms with E-state index in [0.29, 0.717) is 12.8 Å². The van der Waals surface area contributed by atoms with Gasteiger partial charge in [-0.2, -0.15) is 0 Å². The highest BCUT2D eigenvalue weighted by Gasteiger charge is 2.30. The number of pyridine rings is 1. The van der Waals surface area contributed by atoms with Crippen molar-refractivity contribution in [2.45, 2.75) is 18.8 Å². The van der Waals surface area contributed by atoms with Gasteiger partial charge < -0.3 is 0 Å². The van der Waals surface area contributed by atoms with Crippen molar-refractivity contribution in [1.82, 2.24) is 10.3 Å². The molecule has 0 radical (unpaired) electrons. The summed E-state index contributed by atoms with van der Waals surface area (Å²) in [4.78, 5) is 27.5. The lowest BCUT2D eigenvalue weighted by atomic mass is 9.91. The van der Waals surface area contributed by atoms with Gasteiger partial charge in [-0.05, 0) is 27.7 Å². The summed E-state index contributed by atoms with van der Waals surface area (Å²) >= 11 is 3.46. The standard InChI is InChI=1S/C14H11BrN2O2/c15-11-7-16-13(9-4-2-1-3-8(9)11)10-5-6-12(18)17-14(10)19/h1-4,7,10H,5-6H2,(H,17,18,19). The molecule has 96 valence electrons. The van der Waals surface area contributed by atoms with E-state index < -0.39 is 0 Å². The molecule has 0 bridgehead atoms. The molecular formula is C14H11BrN2O2. The molecule has 1 aliphatic rings. The maximum absolute atomic E-state index is 12.0. The van der Waals surface area contributed by atoms with Crippen LogP contribution in [0.3, 0.4) is 0 Å². The van der Waals surface area contributed by atoms with Crippen LogP contribution in [0.5, 0.6) is 0 Å². The van der Waals surface area contributed by atoms with E-state index >= 15 is 0 Å². The molecule has 3 rings (SSSR count). The Hall–Kier alpha value is -1.75. The average molecular weight is 319 g/mol. The lowest BCUT2D eigenvalue weighted by molar-refractivity contribution is -0.134. The molecule has 2 amide bonds. The quantitative estimate of drug-likeness (QED) is 0.822. The Labute approximate surface area is 118 Å². The van der Waals surface area contributed by atoms with Crippen molar-refractivity contribution < 1.29 is 9.59 Å². The highest BCUT2D eigenvalue weighted by molar-refractivity contribution is 9.10. The Kier molecular flexibility index (Phi) is 3.06. The first-order valence-electron chi connectivity index (χ1n) is 6.03. The summed E-state index contributed by atoms with van der Waals surface area (Å²) in [6.07, 6.45) is 2.59. The number of hydrogen-bond donors (Lipinski definition) is 1. The average Bonchev–Trinajstić information content (AvgIpc) is 2.41. The number of carbonyl (C=O) groups excluding carboxylic acids is 2. The van der Waals surface area contributed by atoms with Gasteiger partial charge in [0.2, 0.25) is 11.8 Å². The van der Waals surface area contributed by atoms with Crippen molar-refractivity contribution in [1.29, 1.82) is 0 Å². The predicted octanol–water partition coefficient (Wildman–Crippen LogP) is 2.52. The molecule has 1 aromatic heterocycles. The minimum absolute atomic E-state index is 0.206. The Balaban J connectivity index is 2.13. The Morgan fingerprint density at radius 3 is 2.68 bits per heavy atom. The molecule has 1 unspecified atom stereocenters. The summed E-state index contributed by atoms with van der Waals surface area (Å²) in [7, 11) is 0. The number of halogens is 1. The zero-order valence-corrected chi connectivity index (χ0v) is 11.6. The second-order valence-corrected chi connectivity index (χ2v) is 5.39. The predicted molar refractivity (Wildman–Crippen MR) is 74.6 cm³/mol. The first-order valence-corrected chi connectivity index (χ1v) is 6.83. The topological polar surface area (TPSA) is 59.1 Å². The smallest absolute Gasteiger partial charge is 0.235 e. The molecule has 1 N–H and O–H groups in total. The Morgan fingerprint density at radius 2 is 1.95 bits per heavy atom. The highest BCUT2D eigenvalue weighted by atomic mass is 79.9. The highest BCUT2D eigenvalue weighted by Crippen LogP contribution is 2.32. The van der Waals surface area contributed by atoms with Gasteiger partial charge in [-0.25, -0.2) is 0 Å².